The molecular formula is C73H126O6. The van der Waals surface area contributed by atoms with Gasteiger partial charge in [-0.15, -0.1) is 0 Å². The van der Waals surface area contributed by atoms with Gasteiger partial charge < -0.3 is 14.2 Å². The molecule has 0 radical (unpaired) electrons. The van der Waals surface area contributed by atoms with E-state index < -0.39 is 6.10 Å². The molecule has 0 aliphatic rings. The molecular weight excluding hydrogens is 973 g/mol. The van der Waals surface area contributed by atoms with Crippen LogP contribution in [0.3, 0.4) is 0 Å². The molecule has 0 saturated heterocycles. The van der Waals surface area contributed by atoms with Gasteiger partial charge in [0.25, 0.3) is 0 Å². The Bertz CT molecular complexity index is 1540. The van der Waals surface area contributed by atoms with E-state index in [0.717, 1.165) is 116 Å². The minimum absolute atomic E-state index is 0.0766. The van der Waals surface area contributed by atoms with Gasteiger partial charge in [-0.2, -0.15) is 0 Å². The van der Waals surface area contributed by atoms with E-state index >= 15 is 0 Å². The monoisotopic (exact) mass is 1100 g/mol. The van der Waals surface area contributed by atoms with Gasteiger partial charge >= 0.3 is 17.9 Å². The maximum atomic E-state index is 12.9. The van der Waals surface area contributed by atoms with Crippen molar-refractivity contribution in [3.05, 3.63) is 97.2 Å². The van der Waals surface area contributed by atoms with Gasteiger partial charge in [0.15, 0.2) is 6.10 Å². The molecule has 0 heterocycles. The second kappa shape index (κ2) is 66.8. The summed E-state index contributed by atoms with van der Waals surface area (Å²) in [6.45, 7) is 6.44. The van der Waals surface area contributed by atoms with Crippen LogP contribution in [0.4, 0.5) is 0 Å². The number of carbonyl (C=O) groups is 3. The summed E-state index contributed by atoms with van der Waals surface area (Å²) < 4.78 is 16.9. The molecule has 0 bridgehead atoms. The normalized spacial score (nSPS) is 12.7. The van der Waals surface area contributed by atoms with Crippen LogP contribution in [0.15, 0.2) is 97.2 Å². The molecule has 0 aromatic heterocycles. The van der Waals surface area contributed by atoms with Crippen molar-refractivity contribution >= 4 is 17.9 Å². The predicted octanol–water partition coefficient (Wildman–Crippen LogP) is 23.2. The number of carbonyl (C=O) groups excluding carboxylic acids is 3. The molecule has 0 N–H and O–H groups in total. The van der Waals surface area contributed by atoms with Crippen LogP contribution in [-0.2, 0) is 28.6 Å². The minimum Gasteiger partial charge on any atom is -0.462 e. The van der Waals surface area contributed by atoms with E-state index in [1.165, 1.54) is 173 Å². The lowest BCUT2D eigenvalue weighted by Gasteiger charge is -2.18. The van der Waals surface area contributed by atoms with Crippen molar-refractivity contribution in [1.29, 1.82) is 0 Å². The molecule has 454 valence electrons. The molecule has 0 aliphatic carbocycles. The van der Waals surface area contributed by atoms with Gasteiger partial charge in [0.2, 0.25) is 0 Å². The number of esters is 3. The molecule has 0 amide bonds. The highest BCUT2D eigenvalue weighted by Crippen LogP contribution is 2.17. The summed E-state index contributed by atoms with van der Waals surface area (Å²) in [6, 6.07) is 0. The van der Waals surface area contributed by atoms with Crippen LogP contribution in [0.5, 0.6) is 0 Å². The number of hydrogen-bond donors (Lipinski definition) is 0. The minimum atomic E-state index is -0.780. The molecule has 1 unspecified atom stereocenters. The van der Waals surface area contributed by atoms with Crippen molar-refractivity contribution in [2.75, 3.05) is 13.2 Å². The molecule has 0 aromatic rings. The van der Waals surface area contributed by atoms with E-state index in [1.54, 1.807) is 0 Å². The largest absolute Gasteiger partial charge is 0.462 e. The number of unbranched alkanes of at least 4 members (excludes halogenated alkanes) is 34. The highest BCUT2D eigenvalue weighted by atomic mass is 16.6. The van der Waals surface area contributed by atoms with Crippen molar-refractivity contribution in [1.82, 2.24) is 0 Å². The number of rotatable bonds is 61. The molecule has 0 saturated carbocycles. The average molecular weight is 1100 g/mol. The molecule has 0 spiro atoms. The van der Waals surface area contributed by atoms with Crippen molar-refractivity contribution in [2.45, 2.75) is 335 Å². The third kappa shape index (κ3) is 65.0. The SMILES string of the molecule is CC/C=C\C/C=C\C/C=C\C/C=C\CCCCCCCCCCCCCCCCCCC(=O)OCC(COC(=O)CCCCCCCCCCCCC)OC(=O)CCCCCCCCCC/C=C\C/C=C\C/C=C\C/C=C\CC. The highest BCUT2D eigenvalue weighted by Gasteiger charge is 2.19. The van der Waals surface area contributed by atoms with E-state index in [1.807, 2.05) is 0 Å². The fourth-order valence-electron chi connectivity index (χ4n) is 9.60. The second-order valence-corrected chi connectivity index (χ2v) is 22.3. The van der Waals surface area contributed by atoms with Gasteiger partial charge in [-0.1, -0.05) is 311 Å². The van der Waals surface area contributed by atoms with Crippen molar-refractivity contribution in [2.24, 2.45) is 0 Å². The Labute approximate surface area is 489 Å². The third-order valence-electron chi connectivity index (χ3n) is 14.6. The Balaban J connectivity index is 4.21. The topological polar surface area (TPSA) is 78.9 Å². The van der Waals surface area contributed by atoms with Crippen molar-refractivity contribution in [3.63, 3.8) is 0 Å². The summed E-state index contributed by atoms with van der Waals surface area (Å²) in [4.78, 5) is 38.3. The molecule has 0 aromatic carbocycles. The quantitative estimate of drug-likeness (QED) is 0.0261. The average Bonchev–Trinajstić information content (AvgIpc) is 3.45. The van der Waals surface area contributed by atoms with E-state index in [2.05, 4.69) is 118 Å². The Hall–Kier alpha value is -3.67. The molecule has 0 fully saturated rings. The molecule has 0 aliphatic heterocycles. The lowest BCUT2D eigenvalue weighted by atomic mass is 10.0. The first kappa shape index (κ1) is 75.3. The van der Waals surface area contributed by atoms with E-state index in [9.17, 15) is 14.4 Å². The lowest BCUT2D eigenvalue weighted by molar-refractivity contribution is -0.167. The summed E-state index contributed by atoms with van der Waals surface area (Å²) in [7, 11) is 0. The van der Waals surface area contributed by atoms with Crippen LogP contribution in [0, 0.1) is 0 Å². The third-order valence-corrected chi connectivity index (χ3v) is 14.6. The predicted molar refractivity (Wildman–Crippen MR) is 344 cm³/mol. The van der Waals surface area contributed by atoms with Crippen molar-refractivity contribution in [3.8, 4) is 0 Å². The molecule has 6 nitrogen and oxygen atoms in total. The van der Waals surface area contributed by atoms with Gasteiger partial charge in [0.05, 0.1) is 0 Å². The van der Waals surface area contributed by atoms with Crippen molar-refractivity contribution < 1.29 is 28.6 Å². The van der Waals surface area contributed by atoms with Crippen LogP contribution in [0.2, 0.25) is 0 Å². The van der Waals surface area contributed by atoms with E-state index in [-0.39, 0.29) is 31.1 Å². The fraction of sp³-hybridized carbons (Fsp3) is 0.740. The smallest absolute Gasteiger partial charge is 0.306 e. The zero-order valence-electron chi connectivity index (χ0n) is 52.1. The summed E-state index contributed by atoms with van der Waals surface area (Å²) in [5.41, 5.74) is 0. The number of allylic oxidation sites excluding steroid dienone is 16. The molecule has 1 atom stereocenters. The molecule has 0 rings (SSSR count). The van der Waals surface area contributed by atoms with Crippen LogP contribution in [-0.4, -0.2) is 37.2 Å². The molecule has 79 heavy (non-hydrogen) atoms. The van der Waals surface area contributed by atoms with E-state index in [0.29, 0.717) is 19.3 Å². The van der Waals surface area contributed by atoms with Gasteiger partial charge in [0.1, 0.15) is 13.2 Å². The van der Waals surface area contributed by atoms with Crippen LogP contribution >= 0.6 is 0 Å². The number of ether oxygens (including phenoxy) is 3. The van der Waals surface area contributed by atoms with E-state index in [4.69, 9.17) is 14.2 Å². The highest BCUT2D eigenvalue weighted by molar-refractivity contribution is 5.71. The van der Waals surface area contributed by atoms with Gasteiger partial charge in [0, 0.05) is 19.3 Å². The fourth-order valence-corrected chi connectivity index (χ4v) is 9.60. The first-order valence-corrected chi connectivity index (χ1v) is 33.7. The Morgan fingerprint density at radius 3 is 0.772 bits per heavy atom. The van der Waals surface area contributed by atoms with Crippen LogP contribution in [0.1, 0.15) is 329 Å². The van der Waals surface area contributed by atoms with Gasteiger partial charge in [-0.05, 0) is 96.3 Å². The first-order chi connectivity index (χ1) is 39.0. The Kier molecular flexibility index (Phi) is 63.7. The summed E-state index contributed by atoms with van der Waals surface area (Å²) in [5, 5.41) is 0. The number of hydrogen-bond acceptors (Lipinski definition) is 6. The van der Waals surface area contributed by atoms with Crippen LogP contribution < -0.4 is 0 Å². The second-order valence-electron chi connectivity index (χ2n) is 22.3. The Morgan fingerprint density at radius 2 is 0.494 bits per heavy atom. The summed E-state index contributed by atoms with van der Waals surface area (Å²) in [6.07, 6.45) is 90.0. The standard InChI is InChI=1S/C73H126O6/c1-4-7-10-13-16-19-22-24-26-28-30-32-33-34-35-36-37-38-39-41-42-44-46-48-51-54-57-60-63-66-72(75)78-69-70(68-77-71(74)65-62-59-56-53-50-21-18-15-12-9-6-3)79-73(76)67-64-61-58-55-52-49-47-45-43-40-31-29-27-25-23-20-17-14-11-8-5-2/h7-8,10-11,16-17,19-20,24-27,30-32,40,70H,4-6,9,12-15,18,21-23,28-29,33-39,41-69H2,1-3H3/b10-7-,11-8-,19-16-,20-17-,26-24-,27-25-,32-30-,40-31-. The molecule has 6 heteroatoms. The van der Waals surface area contributed by atoms with Gasteiger partial charge in [-0.3, -0.25) is 14.4 Å². The summed E-state index contributed by atoms with van der Waals surface area (Å²) in [5.74, 6) is -0.871. The lowest BCUT2D eigenvalue weighted by Crippen LogP contribution is -2.30. The zero-order valence-corrected chi connectivity index (χ0v) is 52.1. The summed E-state index contributed by atoms with van der Waals surface area (Å²) >= 11 is 0. The zero-order chi connectivity index (χ0) is 57.1. The maximum Gasteiger partial charge on any atom is 0.306 e. The maximum absolute atomic E-state index is 12.9. The van der Waals surface area contributed by atoms with Gasteiger partial charge in [-0.25, -0.2) is 0 Å². The first-order valence-electron chi connectivity index (χ1n) is 33.7. The Morgan fingerprint density at radius 1 is 0.266 bits per heavy atom. The van der Waals surface area contributed by atoms with Crippen LogP contribution in [0.25, 0.3) is 0 Å².